The number of rotatable bonds is 3. The SMILES string of the molecule is CCc1ccc(Oc2ccc(N)cc2Cl)c(C(C)(C)C)c1. The third kappa shape index (κ3) is 3.70. The van der Waals surface area contributed by atoms with Crippen LogP contribution in [0.2, 0.25) is 5.02 Å². The van der Waals surface area contributed by atoms with Crippen molar-refractivity contribution < 1.29 is 4.74 Å². The molecule has 2 rings (SSSR count). The maximum absolute atomic E-state index is 6.20. The van der Waals surface area contributed by atoms with Crippen LogP contribution in [0.15, 0.2) is 36.4 Å². The highest BCUT2D eigenvalue weighted by Gasteiger charge is 2.20. The first-order chi connectivity index (χ1) is 9.81. The van der Waals surface area contributed by atoms with Crippen molar-refractivity contribution in [2.45, 2.75) is 39.5 Å². The number of hydrogen-bond donors (Lipinski definition) is 1. The largest absolute Gasteiger partial charge is 0.455 e. The average Bonchev–Trinajstić information content (AvgIpc) is 2.41. The third-order valence-electron chi connectivity index (χ3n) is 3.44. The molecule has 0 aliphatic carbocycles. The Labute approximate surface area is 131 Å². The highest BCUT2D eigenvalue weighted by atomic mass is 35.5. The Bertz CT molecular complexity index is 644. The van der Waals surface area contributed by atoms with E-state index in [4.69, 9.17) is 22.1 Å². The van der Waals surface area contributed by atoms with Crippen LogP contribution in [0.5, 0.6) is 11.5 Å². The van der Waals surface area contributed by atoms with Crippen LogP contribution in [0.1, 0.15) is 38.8 Å². The molecule has 0 heterocycles. The minimum absolute atomic E-state index is 0.000791. The standard InChI is InChI=1S/C18H22ClNO/c1-5-12-6-8-16(14(10-12)18(2,3)4)21-17-9-7-13(20)11-15(17)19/h6-11H,5,20H2,1-4H3. The maximum Gasteiger partial charge on any atom is 0.146 e. The summed E-state index contributed by atoms with van der Waals surface area (Å²) in [7, 11) is 0. The highest BCUT2D eigenvalue weighted by Crippen LogP contribution is 2.37. The molecule has 0 saturated heterocycles. The molecule has 0 bridgehead atoms. The number of ether oxygens (including phenoxy) is 1. The monoisotopic (exact) mass is 303 g/mol. The van der Waals surface area contributed by atoms with Gasteiger partial charge in [0.15, 0.2) is 0 Å². The van der Waals surface area contributed by atoms with E-state index in [-0.39, 0.29) is 5.41 Å². The second kappa shape index (κ2) is 5.98. The van der Waals surface area contributed by atoms with Crippen molar-refractivity contribution in [3.63, 3.8) is 0 Å². The van der Waals surface area contributed by atoms with Crippen molar-refractivity contribution in [2.75, 3.05) is 5.73 Å². The predicted octanol–water partition coefficient (Wildman–Crippen LogP) is 5.57. The molecule has 0 aliphatic rings. The molecule has 2 aromatic carbocycles. The lowest BCUT2D eigenvalue weighted by molar-refractivity contribution is 0.455. The summed E-state index contributed by atoms with van der Waals surface area (Å²) in [5, 5.41) is 0.523. The van der Waals surface area contributed by atoms with Gasteiger partial charge in [-0.2, -0.15) is 0 Å². The molecule has 2 N–H and O–H groups in total. The van der Waals surface area contributed by atoms with Gasteiger partial charge in [-0.3, -0.25) is 0 Å². The fraction of sp³-hybridized carbons (Fsp3) is 0.333. The summed E-state index contributed by atoms with van der Waals surface area (Å²) in [6, 6.07) is 11.6. The molecule has 112 valence electrons. The second-order valence-corrected chi connectivity index (χ2v) is 6.63. The van der Waals surface area contributed by atoms with Crippen LogP contribution in [0.4, 0.5) is 5.69 Å². The van der Waals surface area contributed by atoms with Crippen LogP contribution in [-0.4, -0.2) is 0 Å². The number of aryl methyl sites for hydroxylation is 1. The molecule has 0 saturated carbocycles. The van der Waals surface area contributed by atoms with Gasteiger partial charge in [-0.25, -0.2) is 0 Å². The van der Waals surface area contributed by atoms with Crippen molar-refractivity contribution >= 4 is 17.3 Å². The summed E-state index contributed by atoms with van der Waals surface area (Å²) in [4.78, 5) is 0. The Kier molecular flexibility index (Phi) is 4.48. The lowest BCUT2D eigenvalue weighted by Crippen LogP contribution is -2.13. The summed E-state index contributed by atoms with van der Waals surface area (Å²) in [5.74, 6) is 1.46. The van der Waals surface area contributed by atoms with Gasteiger partial charge >= 0.3 is 0 Å². The summed E-state index contributed by atoms with van der Waals surface area (Å²) < 4.78 is 6.03. The molecule has 0 spiro atoms. The van der Waals surface area contributed by atoms with Crippen LogP contribution >= 0.6 is 11.6 Å². The summed E-state index contributed by atoms with van der Waals surface area (Å²) in [5.41, 5.74) is 8.83. The maximum atomic E-state index is 6.20. The van der Waals surface area contributed by atoms with E-state index in [1.165, 1.54) is 11.1 Å². The fourth-order valence-electron chi connectivity index (χ4n) is 2.19. The number of nitrogen functional groups attached to an aromatic ring is 1. The Balaban J connectivity index is 2.44. The Morgan fingerprint density at radius 3 is 2.29 bits per heavy atom. The van der Waals surface area contributed by atoms with Crippen LogP contribution in [0.3, 0.4) is 0 Å². The highest BCUT2D eigenvalue weighted by molar-refractivity contribution is 6.32. The van der Waals surface area contributed by atoms with E-state index in [0.717, 1.165) is 12.2 Å². The van der Waals surface area contributed by atoms with Gasteiger partial charge in [-0.05, 0) is 41.7 Å². The molecule has 2 aromatic rings. The van der Waals surface area contributed by atoms with Crippen molar-refractivity contribution in [1.82, 2.24) is 0 Å². The molecule has 3 heteroatoms. The van der Waals surface area contributed by atoms with Crippen LogP contribution in [0, 0.1) is 0 Å². The van der Waals surface area contributed by atoms with Gasteiger partial charge in [0.05, 0.1) is 5.02 Å². The second-order valence-electron chi connectivity index (χ2n) is 6.23. The van der Waals surface area contributed by atoms with Crippen molar-refractivity contribution in [3.05, 3.63) is 52.5 Å². The average molecular weight is 304 g/mol. The van der Waals surface area contributed by atoms with E-state index >= 15 is 0 Å². The van der Waals surface area contributed by atoms with Crippen LogP contribution in [-0.2, 0) is 11.8 Å². The topological polar surface area (TPSA) is 35.2 Å². The zero-order valence-corrected chi connectivity index (χ0v) is 13.8. The van der Waals surface area contributed by atoms with Crippen LogP contribution < -0.4 is 10.5 Å². The first-order valence-electron chi connectivity index (χ1n) is 7.17. The number of nitrogens with two attached hydrogens (primary N) is 1. The van der Waals surface area contributed by atoms with Gasteiger partial charge in [0.2, 0.25) is 0 Å². The van der Waals surface area contributed by atoms with Crippen molar-refractivity contribution in [3.8, 4) is 11.5 Å². The molecule has 0 radical (unpaired) electrons. The molecule has 21 heavy (non-hydrogen) atoms. The minimum atomic E-state index is 0.000791. The molecule has 0 unspecified atom stereocenters. The first-order valence-corrected chi connectivity index (χ1v) is 7.55. The normalized spacial score (nSPS) is 11.5. The number of halogens is 1. The number of benzene rings is 2. The van der Waals surface area contributed by atoms with E-state index in [2.05, 4.69) is 39.8 Å². The Hall–Kier alpha value is -1.67. The van der Waals surface area contributed by atoms with E-state index in [0.29, 0.717) is 16.5 Å². The minimum Gasteiger partial charge on any atom is -0.455 e. The van der Waals surface area contributed by atoms with Gasteiger partial charge in [0.1, 0.15) is 11.5 Å². The van der Waals surface area contributed by atoms with E-state index in [1.54, 1.807) is 18.2 Å². The Morgan fingerprint density at radius 1 is 1.05 bits per heavy atom. The fourth-order valence-corrected chi connectivity index (χ4v) is 2.42. The molecular weight excluding hydrogens is 282 g/mol. The zero-order chi connectivity index (χ0) is 15.6. The van der Waals surface area contributed by atoms with Crippen LogP contribution in [0.25, 0.3) is 0 Å². The molecule has 0 aromatic heterocycles. The summed E-state index contributed by atoms with van der Waals surface area (Å²) in [6.45, 7) is 8.69. The number of hydrogen-bond acceptors (Lipinski definition) is 2. The van der Waals surface area contributed by atoms with Crippen molar-refractivity contribution in [1.29, 1.82) is 0 Å². The zero-order valence-electron chi connectivity index (χ0n) is 13.0. The molecule has 2 nitrogen and oxygen atoms in total. The predicted molar refractivity (Wildman–Crippen MR) is 90.5 cm³/mol. The van der Waals surface area contributed by atoms with Gasteiger partial charge < -0.3 is 10.5 Å². The molecule has 0 atom stereocenters. The Morgan fingerprint density at radius 2 is 1.71 bits per heavy atom. The van der Waals surface area contributed by atoms with Gasteiger partial charge in [-0.1, -0.05) is 51.4 Å². The van der Waals surface area contributed by atoms with E-state index in [1.807, 2.05) is 6.07 Å². The quantitative estimate of drug-likeness (QED) is 0.752. The van der Waals surface area contributed by atoms with Gasteiger partial charge in [0.25, 0.3) is 0 Å². The molecular formula is C18H22ClNO. The smallest absolute Gasteiger partial charge is 0.146 e. The summed E-state index contributed by atoms with van der Waals surface area (Å²) >= 11 is 6.20. The molecule has 0 aliphatic heterocycles. The molecule has 0 fully saturated rings. The molecule has 0 amide bonds. The van der Waals surface area contributed by atoms with E-state index in [9.17, 15) is 0 Å². The van der Waals surface area contributed by atoms with E-state index < -0.39 is 0 Å². The van der Waals surface area contributed by atoms with Gasteiger partial charge in [-0.15, -0.1) is 0 Å². The number of anilines is 1. The lowest BCUT2D eigenvalue weighted by atomic mass is 9.85. The third-order valence-corrected chi connectivity index (χ3v) is 3.73. The summed E-state index contributed by atoms with van der Waals surface area (Å²) in [6.07, 6.45) is 1.01. The lowest BCUT2D eigenvalue weighted by Gasteiger charge is -2.24. The first kappa shape index (κ1) is 15.7. The van der Waals surface area contributed by atoms with Crippen molar-refractivity contribution in [2.24, 2.45) is 0 Å². The van der Waals surface area contributed by atoms with Gasteiger partial charge in [0, 0.05) is 11.3 Å².